The molecule has 0 aromatic carbocycles. The molecule has 6 heteroatoms. The number of nitrogens with zero attached hydrogens (tertiary/aromatic N) is 2. The highest BCUT2D eigenvalue weighted by molar-refractivity contribution is 7.11. The van der Waals surface area contributed by atoms with E-state index >= 15 is 0 Å². The van der Waals surface area contributed by atoms with Gasteiger partial charge in [-0.1, -0.05) is 0 Å². The molecule has 0 aliphatic carbocycles. The van der Waals surface area contributed by atoms with Crippen molar-refractivity contribution in [2.75, 3.05) is 7.05 Å². The van der Waals surface area contributed by atoms with Crippen LogP contribution in [0.3, 0.4) is 0 Å². The van der Waals surface area contributed by atoms with E-state index < -0.39 is 12.0 Å². The Kier molecular flexibility index (Phi) is 4.11. The molecule has 18 heavy (non-hydrogen) atoms. The van der Waals surface area contributed by atoms with Crippen molar-refractivity contribution in [3.8, 4) is 0 Å². The van der Waals surface area contributed by atoms with Crippen LogP contribution in [0.4, 0.5) is 0 Å². The minimum absolute atomic E-state index is 0.596. The Morgan fingerprint density at radius 1 is 1.61 bits per heavy atom. The van der Waals surface area contributed by atoms with Crippen molar-refractivity contribution in [1.29, 1.82) is 0 Å². The van der Waals surface area contributed by atoms with Crippen LogP contribution in [-0.2, 0) is 11.3 Å². The minimum Gasteiger partial charge on any atom is -0.480 e. The van der Waals surface area contributed by atoms with Crippen molar-refractivity contribution in [3.05, 3.63) is 38.5 Å². The number of hydrogen-bond acceptors (Lipinski definition) is 5. The number of carbonyl (C=O) groups is 1. The standard InChI is InChI=1S/C12H14N2O2S2/c1-8-13-5-10(18-8)6-14(2)11(12(15)16)9-3-4-17-7-9/h3-5,7,11H,6H2,1-2H3,(H,15,16). The zero-order valence-electron chi connectivity index (χ0n) is 10.2. The number of carboxylic acids is 1. The molecule has 96 valence electrons. The number of aliphatic carboxylic acids is 1. The van der Waals surface area contributed by atoms with E-state index in [1.165, 1.54) is 11.3 Å². The molecule has 0 fully saturated rings. The maximum absolute atomic E-state index is 11.4. The lowest BCUT2D eigenvalue weighted by Crippen LogP contribution is -2.29. The summed E-state index contributed by atoms with van der Waals surface area (Å²) in [5, 5.41) is 14.1. The van der Waals surface area contributed by atoms with E-state index in [2.05, 4.69) is 4.98 Å². The molecule has 0 bridgehead atoms. The summed E-state index contributed by atoms with van der Waals surface area (Å²) >= 11 is 3.11. The Labute approximate surface area is 114 Å². The summed E-state index contributed by atoms with van der Waals surface area (Å²) in [5.41, 5.74) is 0.830. The number of thiazole rings is 1. The largest absolute Gasteiger partial charge is 0.480 e. The van der Waals surface area contributed by atoms with E-state index in [9.17, 15) is 9.90 Å². The molecule has 2 heterocycles. The van der Waals surface area contributed by atoms with E-state index in [1.54, 1.807) is 11.3 Å². The van der Waals surface area contributed by atoms with Crippen LogP contribution in [0.15, 0.2) is 23.0 Å². The lowest BCUT2D eigenvalue weighted by molar-refractivity contribution is -0.143. The highest BCUT2D eigenvalue weighted by atomic mass is 32.1. The number of rotatable bonds is 5. The molecule has 4 nitrogen and oxygen atoms in total. The summed E-state index contributed by atoms with van der Waals surface area (Å²) in [6.45, 7) is 2.54. The lowest BCUT2D eigenvalue weighted by atomic mass is 10.1. The molecule has 2 aromatic heterocycles. The van der Waals surface area contributed by atoms with Crippen LogP contribution in [0.25, 0.3) is 0 Å². The van der Waals surface area contributed by atoms with Gasteiger partial charge in [-0.25, -0.2) is 4.98 Å². The Hall–Kier alpha value is -1.24. The van der Waals surface area contributed by atoms with Gasteiger partial charge in [0, 0.05) is 17.6 Å². The van der Waals surface area contributed by atoms with Gasteiger partial charge in [0.1, 0.15) is 6.04 Å². The normalized spacial score (nSPS) is 12.8. The van der Waals surface area contributed by atoms with Gasteiger partial charge >= 0.3 is 5.97 Å². The third-order valence-corrected chi connectivity index (χ3v) is 4.21. The summed E-state index contributed by atoms with van der Waals surface area (Å²) in [4.78, 5) is 18.5. The molecular formula is C12H14N2O2S2. The molecule has 2 rings (SSSR count). The van der Waals surface area contributed by atoms with E-state index in [0.717, 1.165) is 15.4 Å². The molecule has 0 amide bonds. The SMILES string of the molecule is Cc1ncc(CN(C)C(C(=O)O)c2ccsc2)s1. The Morgan fingerprint density at radius 2 is 2.39 bits per heavy atom. The molecule has 0 saturated carbocycles. The first-order valence-corrected chi connectivity index (χ1v) is 7.20. The average molecular weight is 282 g/mol. The van der Waals surface area contributed by atoms with E-state index in [0.29, 0.717) is 6.54 Å². The second-order valence-electron chi connectivity index (χ2n) is 4.06. The molecule has 1 unspecified atom stereocenters. The smallest absolute Gasteiger partial charge is 0.325 e. The van der Waals surface area contributed by atoms with Gasteiger partial charge in [-0.05, 0) is 36.4 Å². The van der Waals surface area contributed by atoms with Crippen molar-refractivity contribution in [3.63, 3.8) is 0 Å². The van der Waals surface area contributed by atoms with Crippen LogP contribution in [-0.4, -0.2) is 28.0 Å². The fourth-order valence-electron chi connectivity index (χ4n) is 1.83. The molecule has 0 saturated heterocycles. The number of thiophene rings is 1. The molecule has 0 spiro atoms. The lowest BCUT2D eigenvalue weighted by Gasteiger charge is -2.23. The number of carboxylic acid groups (broad SMARTS) is 1. The fourth-order valence-corrected chi connectivity index (χ4v) is 3.37. The first-order valence-electron chi connectivity index (χ1n) is 5.44. The van der Waals surface area contributed by atoms with E-state index in [1.807, 2.05) is 41.9 Å². The Balaban J connectivity index is 2.14. The van der Waals surface area contributed by atoms with Gasteiger partial charge in [0.05, 0.1) is 5.01 Å². The highest BCUT2D eigenvalue weighted by Gasteiger charge is 2.25. The number of aryl methyl sites for hydroxylation is 1. The first kappa shape index (κ1) is 13.2. The Bertz CT molecular complexity index is 522. The maximum Gasteiger partial charge on any atom is 0.325 e. The molecular weight excluding hydrogens is 268 g/mol. The van der Waals surface area contributed by atoms with E-state index in [4.69, 9.17) is 0 Å². The molecule has 0 aliphatic heterocycles. The van der Waals surface area contributed by atoms with Crippen molar-refractivity contribution in [1.82, 2.24) is 9.88 Å². The fraction of sp³-hybridized carbons (Fsp3) is 0.333. The summed E-state index contributed by atoms with van der Waals surface area (Å²) in [5.74, 6) is -0.822. The summed E-state index contributed by atoms with van der Waals surface area (Å²) in [6, 6.07) is 1.26. The molecule has 0 aliphatic rings. The van der Waals surface area contributed by atoms with Gasteiger partial charge < -0.3 is 5.11 Å². The van der Waals surface area contributed by atoms with Crippen molar-refractivity contribution >= 4 is 28.6 Å². The van der Waals surface area contributed by atoms with Crippen molar-refractivity contribution in [2.45, 2.75) is 19.5 Å². The van der Waals surface area contributed by atoms with Crippen LogP contribution in [0.2, 0.25) is 0 Å². The van der Waals surface area contributed by atoms with Gasteiger partial charge in [0.2, 0.25) is 0 Å². The van der Waals surface area contributed by atoms with Crippen LogP contribution in [0.5, 0.6) is 0 Å². The molecule has 1 atom stereocenters. The summed E-state index contributed by atoms with van der Waals surface area (Å²) < 4.78 is 0. The zero-order valence-corrected chi connectivity index (χ0v) is 11.8. The predicted molar refractivity (Wildman–Crippen MR) is 73.0 cm³/mol. The first-order chi connectivity index (χ1) is 8.58. The van der Waals surface area contributed by atoms with Crippen LogP contribution >= 0.6 is 22.7 Å². The van der Waals surface area contributed by atoms with Gasteiger partial charge in [-0.15, -0.1) is 11.3 Å². The highest BCUT2D eigenvalue weighted by Crippen LogP contribution is 2.25. The third kappa shape index (κ3) is 2.95. The number of likely N-dealkylation sites (N-methyl/N-ethyl adjacent to an activating group) is 1. The summed E-state index contributed by atoms with van der Waals surface area (Å²) in [7, 11) is 1.82. The van der Waals surface area contributed by atoms with Gasteiger partial charge in [0.15, 0.2) is 0 Å². The number of hydrogen-bond donors (Lipinski definition) is 1. The quantitative estimate of drug-likeness (QED) is 0.916. The average Bonchev–Trinajstić information content (AvgIpc) is 2.90. The molecule has 2 aromatic rings. The van der Waals surface area contributed by atoms with Crippen LogP contribution in [0, 0.1) is 6.92 Å². The van der Waals surface area contributed by atoms with Crippen LogP contribution < -0.4 is 0 Å². The topological polar surface area (TPSA) is 53.4 Å². The monoisotopic (exact) mass is 282 g/mol. The Morgan fingerprint density at radius 3 is 2.89 bits per heavy atom. The minimum atomic E-state index is -0.822. The van der Waals surface area contributed by atoms with Crippen molar-refractivity contribution in [2.24, 2.45) is 0 Å². The molecule has 1 N–H and O–H groups in total. The third-order valence-electron chi connectivity index (χ3n) is 2.61. The van der Waals surface area contributed by atoms with E-state index in [-0.39, 0.29) is 0 Å². The predicted octanol–water partition coefficient (Wildman–Crippen LogP) is 2.77. The molecule has 0 radical (unpaired) electrons. The number of aromatic nitrogens is 1. The second-order valence-corrected chi connectivity index (χ2v) is 6.16. The van der Waals surface area contributed by atoms with Gasteiger partial charge in [-0.3, -0.25) is 9.69 Å². The van der Waals surface area contributed by atoms with Crippen LogP contribution in [0.1, 0.15) is 21.5 Å². The maximum atomic E-state index is 11.4. The summed E-state index contributed by atoms with van der Waals surface area (Å²) in [6.07, 6.45) is 1.81. The van der Waals surface area contributed by atoms with Gasteiger partial charge in [0.25, 0.3) is 0 Å². The second kappa shape index (κ2) is 5.60. The zero-order chi connectivity index (χ0) is 13.1. The van der Waals surface area contributed by atoms with Gasteiger partial charge in [-0.2, -0.15) is 11.3 Å². The van der Waals surface area contributed by atoms with Crippen molar-refractivity contribution < 1.29 is 9.90 Å².